The highest BCUT2D eigenvalue weighted by molar-refractivity contribution is 7.13. The van der Waals surface area contributed by atoms with Crippen molar-refractivity contribution in [3.8, 4) is 11.5 Å². The highest BCUT2D eigenvalue weighted by Gasteiger charge is 2.24. The van der Waals surface area contributed by atoms with Crippen LogP contribution in [0.1, 0.15) is 37.9 Å². The van der Waals surface area contributed by atoms with Gasteiger partial charge in [0.15, 0.2) is 11.5 Å². The fourth-order valence-electron chi connectivity index (χ4n) is 2.73. The smallest absolute Gasteiger partial charge is 0.277 e. The third kappa shape index (κ3) is 4.20. The minimum atomic E-state index is -0.334. The predicted octanol–water partition coefficient (Wildman–Crippen LogP) is 2.89. The van der Waals surface area contributed by atoms with Crippen LogP contribution in [-0.4, -0.2) is 49.2 Å². The Kier molecular flexibility index (Phi) is 5.92. The van der Waals surface area contributed by atoms with Crippen molar-refractivity contribution in [2.45, 2.75) is 19.8 Å². The van der Waals surface area contributed by atoms with Crippen molar-refractivity contribution in [2.75, 3.05) is 32.7 Å². The minimum Gasteiger partial charge on any atom is -0.493 e. The topological polar surface area (TPSA) is 90.0 Å². The second-order valence-electron chi connectivity index (χ2n) is 5.90. The summed E-state index contributed by atoms with van der Waals surface area (Å²) in [5, 5.41) is 4.90. The Hall–Kier alpha value is -2.65. The number of anilines is 1. The average Bonchev–Trinajstić information content (AvgIpc) is 3.14. The molecule has 2 amide bonds. The normalized spacial score (nSPS) is 14.0. The van der Waals surface area contributed by atoms with Gasteiger partial charge in [-0.15, -0.1) is 11.3 Å². The first-order chi connectivity index (χ1) is 13.0. The van der Waals surface area contributed by atoms with Crippen LogP contribution in [-0.2, 0) is 4.84 Å². The molecule has 0 spiro atoms. The molecule has 0 radical (unpaired) electrons. The average molecular weight is 391 g/mol. The van der Waals surface area contributed by atoms with Gasteiger partial charge in [-0.05, 0) is 31.9 Å². The van der Waals surface area contributed by atoms with Gasteiger partial charge in [-0.3, -0.25) is 14.4 Å². The molecule has 1 fully saturated rings. The maximum absolute atomic E-state index is 12.8. The second-order valence-corrected chi connectivity index (χ2v) is 7.14. The molecule has 144 valence electrons. The van der Waals surface area contributed by atoms with Crippen molar-refractivity contribution in [2.24, 2.45) is 0 Å². The van der Waals surface area contributed by atoms with E-state index in [4.69, 9.17) is 14.3 Å². The van der Waals surface area contributed by atoms with E-state index in [0.29, 0.717) is 40.8 Å². The molecule has 1 aliphatic heterocycles. The quantitative estimate of drug-likeness (QED) is 0.843. The maximum Gasteiger partial charge on any atom is 0.277 e. The number of thiazole rings is 1. The fraction of sp³-hybridized carbons (Fsp3) is 0.389. The number of hydrogen-bond donors (Lipinski definition) is 1. The highest BCUT2D eigenvalue weighted by atomic mass is 32.1. The summed E-state index contributed by atoms with van der Waals surface area (Å²) in [6.45, 7) is 2.85. The van der Waals surface area contributed by atoms with E-state index >= 15 is 0 Å². The first-order valence-corrected chi connectivity index (χ1v) is 9.29. The van der Waals surface area contributed by atoms with Gasteiger partial charge in [0.05, 0.1) is 37.7 Å². The Morgan fingerprint density at radius 2 is 2.07 bits per heavy atom. The summed E-state index contributed by atoms with van der Waals surface area (Å²) >= 11 is 1.28. The highest BCUT2D eigenvalue weighted by Crippen LogP contribution is 2.37. The molecule has 1 saturated heterocycles. The van der Waals surface area contributed by atoms with Crippen molar-refractivity contribution >= 4 is 28.8 Å². The van der Waals surface area contributed by atoms with Crippen LogP contribution in [0.15, 0.2) is 18.3 Å². The van der Waals surface area contributed by atoms with Crippen LogP contribution in [0.4, 0.5) is 5.69 Å². The number of carbonyl (C=O) groups is 2. The number of nitrogens with zero attached hydrogens (tertiary/aromatic N) is 2. The standard InChI is InChI=1S/C18H21N3O5S/c1-11-19-10-15(27-11)17(22)20-13-8-12(9-14(24-2)16(13)25-3)18(23)21-6-4-5-7-26-21/h8-10H,4-7H2,1-3H3,(H,20,22). The first kappa shape index (κ1) is 19.1. The molecule has 8 nitrogen and oxygen atoms in total. The number of ether oxygens (including phenoxy) is 2. The number of aryl methyl sites for hydroxylation is 1. The number of rotatable bonds is 5. The number of amides is 2. The van der Waals surface area contributed by atoms with E-state index in [0.717, 1.165) is 17.8 Å². The summed E-state index contributed by atoms with van der Waals surface area (Å²) in [6.07, 6.45) is 3.31. The number of benzene rings is 1. The SMILES string of the molecule is COc1cc(C(=O)N2CCCCO2)cc(NC(=O)c2cnc(C)s2)c1OC. The molecule has 1 aromatic carbocycles. The number of methoxy groups -OCH3 is 2. The van der Waals surface area contributed by atoms with E-state index in [1.807, 2.05) is 6.92 Å². The van der Waals surface area contributed by atoms with Gasteiger partial charge in [0.1, 0.15) is 4.88 Å². The molecular formula is C18H21N3O5S. The third-order valence-corrected chi connectivity index (χ3v) is 4.96. The van der Waals surface area contributed by atoms with E-state index in [1.54, 1.807) is 12.1 Å². The molecule has 1 aliphatic rings. The monoisotopic (exact) mass is 391 g/mol. The zero-order valence-corrected chi connectivity index (χ0v) is 16.2. The molecular weight excluding hydrogens is 370 g/mol. The zero-order valence-electron chi connectivity index (χ0n) is 15.4. The summed E-state index contributed by atoms with van der Waals surface area (Å²) in [4.78, 5) is 35.3. The minimum absolute atomic E-state index is 0.292. The van der Waals surface area contributed by atoms with Gasteiger partial charge in [-0.25, -0.2) is 10.0 Å². The first-order valence-electron chi connectivity index (χ1n) is 8.48. The number of hydroxylamine groups is 2. The van der Waals surface area contributed by atoms with Crippen LogP contribution >= 0.6 is 11.3 Å². The van der Waals surface area contributed by atoms with Gasteiger partial charge in [0.2, 0.25) is 0 Å². The number of nitrogens with one attached hydrogen (secondary N) is 1. The zero-order chi connectivity index (χ0) is 19.4. The van der Waals surface area contributed by atoms with Crippen molar-refractivity contribution < 1.29 is 23.9 Å². The molecule has 3 rings (SSSR count). The third-order valence-electron chi connectivity index (χ3n) is 4.05. The predicted molar refractivity (Wildman–Crippen MR) is 101 cm³/mol. The molecule has 0 saturated carbocycles. The van der Waals surface area contributed by atoms with E-state index < -0.39 is 0 Å². The molecule has 1 aromatic heterocycles. The largest absolute Gasteiger partial charge is 0.493 e. The molecule has 9 heteroatoms. The molecule has 0 unspecified atom stereocenters. The van der Waals surface area contributed by atoms with E-state index in [-0.39, 0.29) is 11.8 Å². The lowest BCUT2D eigenvalue weighted by Gasteiger charge is -2.26. The lowest BCUT2D eigenvalue weighted by atomic mass is 10.1. The van der Waals surface area contributed by atoms with E-state index in [1.165, 1.54) is 36.8 Å². The van der Waals surface area contributed by atoms with Gasteiger partial charge in [0.25, 0.3) is 11.8 Å². The molecule has 0 aliphatic carbocycles. The summed E-state index contributed by atoms with van der Waals surface area (Å²) in [6, 6.07) is 3.14. The maximum atomic E-state index is 12.8. The molecule has 2 aromatic rings. The Morgan fingerprint density at radius 3 is 2.67 bits per heavy atom. The lowest BCUT2D eigenvalue weighted by molar-refractivity contribution is -0.144. The molecule has 0 bridgehead atoms. The van der Waals surface area contributed by atoms with Gasteiger partial charge in [-0.1, -0.05) is 0 Å². The van der Waals surface area contributed by atoms with Gasteiger partial charge >= 0.3 is 0 Å². The molecule has 2 heterocycles. The number of carbonyl (C=O) groups excluding carboxylic acids is 2. The molecule has 0 atom stereocenters. The van der Waals surface area contributed by atoms with E-state index in [9.17, 15) is 9.59 Å². The van der Waals surface area contributed by atoms with Crippen LogP contribution in [0.3, 0.4) is 0 Å². The van der Waals surface area contributed by atoms with Crippen LogP contribution in [0.25, 0.3) is 0 Å². The van der Waals surface area contributed by atoms with Gasteiger partial charge in [-0.2, -0.15) is 0 Å². The van der Waals surface area contributed by atoms with Crippen molar-refractivity contribution in [1.82, 2.24) is 10.0 Å². The van der Waals surface area contributed by atoms with Crippen LogP contribution < -0.4 is 14.8 Å². The Bertz CT molecular complexity index is 846. The summed E-state index contributed by atoms with van der Waals surface area (Å²) in [5.41, 5.74) is 0.679. The van der Waals surface area contributed by atoms with Crippen molar-refractivity contribution in [1.29, 1.82) is 0 Å². The van der Waals surface area contributed by atoms with Crippen molar-refractivity contribution in [3.05, 3.63) is 33.8 Å². The Labute approximate surface area is 161 Å². The van der Waals surface area contributed by atoms with Crippen LogP contribution in [0.2, 0.25) is 0 Å². The fourth-order valence-corrected chi connectivity index (χ4v) is 3.40. The molecule has 27 heavy (non-hydrogen) atoms. The van der Waals surface area contributed by atoms with Gasteiger partial charge < -0.3 is 14.8 Å². The second kappa shape index (κ2) is 8.36. The van der Waals surface area contributed by atoms with Crippen LogP contribution in [0, 0.1) is 6.92 Å². The number of aromatic nitrogens is 1. The number of hydrogen-bond acceptors (Lipinski definition) is 7. The van der Waals surface area contributed by atoms with Crippen molar-refractivity contribution in [3.63, 3.8) is 0 Å². The Morgan fingerprint density at radius 1 is 1.26 bits per heavy atom. The molecule has 1 N–H and O–H groups in total. The Balaban J connectivity index is 1.93. The summed E-state index contributed by atoms with van der Waals surface area (Å²) in [7, 11) is 2.95. The lowest BCUT2D eigenvalue weighted by Crippen LogP contribution is -2.35. The van der Waals surface area contributed by atoms with Crippen LogP contribution in [0.5, 0.6) is 11.5 Å². The summed E-state index contributed by atoms with van der Waals surface area (Å²) < 4.78 is 10.7. The van der Waals surface area contributed by atoms with Gasteiger partial charge in [0, 0.05) is 12.1 Å². The van der Waals surface area contributed by atoms with E-state index in [2.05, 4.69) is 10.3 Å². The summed E-state index contributed by atoms with van der Waals surface area (Å²) in [5.74, 6) is 0.0545.